The zero-order chi connectivity index (χ0) is 25.2. The Labute approximate surface area is 218 Å². The van der Waals surface area contributed by atoms with Crippen LogP contribution in [0.2, 0.25) is 0 Å². The third-order valence-electron chi connectivity index (χ3n) is 7.98. The lowest BCUT2D eigenvalue weighted by Crippen LogP contribution is -2.23. The fraction of sp³-hybridized carbons (Fsp3) is 0.471. The van der Waals surface area contributed by atoms with Gasteiger partial charge in [-0.25, -0.2) is 0 Å². The Bertz CT molecular complexity index is 1140. The third-order valence-corrected chi connectivity index (χ3v) is 7.98. The summed E-state index contributed by atoms with van der Waals surface area (Å²) in [4.78, 5) is 5.42. The second-order valence-electron chi connectivity index (χ2n) is 10.6. The maximum absolute atomic E-state index is 10.6. The summed E-state index contributed by atoms with van der Waals surface area (Å²) in [6, 6.07) is 24.4. The van der Waals surface area contributed by atoms with Crippen molar-refractivity contribution in [2.45, 2.75) is 103 Å². The summed E-state index contributed by atoms with van der Waals surface area (Å²) in [6.45, 7) is 4.54. The van der Waals surface area contributed by atoms with E-state index < -0.39 is 5.41 Å². The number of nitriles is 1. The molecule has 1 aromatic heterocycles. The largest absolute Gasteiger partial charge is 0.256 e. The molecule has 1 atom stereocenters. The van der Waals surface area contributed by atoms with Crippen molar-refractivity contribution in [2.75, 3.05) is 0 Å². The molecule has 188 valence electrons. The maximum atomic E-state index is 10.6. The predicted octanol–water partition coefficient (Wildman–Crippen LogP) is 8.94. The number of fused-ring (bicyclic) bond motifs is 1. The molecule has 0 spiro atoms. The van der Waals surface area contributed by atoms with E-state index in [4.69, 9.17) is 4.98 Å². The number of benzene rings is 2. The van der Waals surface area contributed by atoms with E-state index in [0.717, 1.165) is 50.6 Å². The Morgan fingerprint density at radius 2 is 1.47 bits per heavy atom. The topological polar surface area (TPSA) is 36.7 Å². The average Bonchev–Trinajstić information content (AvgIpc) is 3.28. The molecule has 0 aliphatic heterocycles. The van der Waals surface area contributed by atoms with Gasteiger partial charge in [0.25, 0.3) is 0 Å². The Hall–Kier alpha value is -2.92. The molecule has 1 unspecified atom stereocenters. The summed E-state index contributed by atoms with van der Waals surface area (Å²) in [7, 11) is 0. The van der Waals surface area contributed by atoms with Crippen LogP contribution in [0.5, 0.6) is 0 Å². The maximum Gasteiger partial charge on any atom is 0.0999 e. The molecule has 1 aliphatic carbocycles. The second-order valence-corrected chi connectivity index (χ2v) is 10.6. The molecule has 0 bridgehead atoms. The summed E-state index contributed by atoms with van der Waals surface area (Å²) in [6.07, 6.45) is 14.2. The number of unbranched alkanes of at least 4 members (excludes halogenated alkanes) is 4. The van der Waals surface area contributed by atoms with Crippen molar-refractivity contribution in [1.29, 1.82) is 5.26 Å². The van der Waals surface area contributed by atoms with E-state index in [-0.39, 0.29) is 0 Å². The molecule has 1 heterocycles. The minimum Gasteiger partial charge on any atom is -0.256 e. The Kier molecular flexibility index (Phi) is 9.35. The summed E-state index contributed by atoms with van der Waals surface area (Å²) < 4.78 is 0. The van der Waals surface area contributed by atoms with Crippen LogP contribution in [0.3, 0.4) is 0 Å². The number of hydrogen-bond acceptors (Lipinski definition) is 2. The monoisotopic (exact) mass is 478 g/mol. The van der Waals surface area contributed by atoms with Crippen LogP contribution in [0.1, 0.15) is 99.7 Å². The molecule has 0 fully saturated rings. The van der Waals surface area contributed by atoms with Crippen molar-refractivity contribution in [3.8, 4) is 17.2 Å². The molecule has 2 heteroatoms. The highest BCUT2D eigenvalue weighted by molar-refractivity contribution is 5.74. The Morgan fingerprint density at radius 1 is 0.806 bits per heavy atom. The van der Waals surface area contributed by atoms with Gasteiger partial charge in [-0.2, -0.15) is 5.26 Å². The van der Waals surface area contributed by atoms with Crippen molar-refractivity contribution in [3.05, 3.63) is 88.7 Å². The number of nitrogens with zero attached hydrogens (tertiary/aromatic N) is 2. The molecular weight excluding hydrogens is 436 g/mol. The van der Waals surface area contributed by atoms with Crippen LogP contribution in [-0.4, -0.2) is 4.98 Å². The first-order valence-corrected chi connectivity index (χ1v) is 14.3. The highest BCUT2D eigenvalue weighted by Crippen LogP contribution is 2.47. The number of rotatable bonds is 13. The minimum atomic E-state index is -0.463. The summed E-state index contributed by atoms with van der Waals surface area (Å²) in [5, 5.41) is 10.6. The van der Waals surface area contributed by atoms with Crippen LogP contribution >= 0.6 is 0 Å². The van der Waals surface area contributed by atoms with Gasteiger partial charge in [0.2, 0.25) is 0 Å². The van der Waals surface area contributed by atoms with Crippen molar-refractivity contribution in [1.82, 2.24) is 4.98 Å². The van der Waals surface area contributed by atoms with Crippen LogP contribution in [0.15, 0.2) is 60.7 Å². The van der Waals surface area contributed by atoms with Gasteiger partial charge >= 0.3 is 0 Å². The van der Waals surface area contributed by atoms with Crippen molar-refractivity contribution < 1.29 is 0 Å². The molecule has 0 radical (unpaired) electrons. The van der Waals surface area contributed by atoms with Gasteiger partial charge in [0.1, 0.15) is 0 Å². The van der Waals surface area contributed by atoms with Gasteiger partial charge in [-0.1, -0.05) is 100 Å². The smallest absolute Gasteiger partial charge is 0.0999 e. The molecule has 4 rings (SSSR count). The summed E-state index contributed by atoms with van der Waals surface area (Å²) >= 11 is 0. The van der Waals surface area contributed by atoms with E-state index in [9.17, 15) is 5.26 Å². The van der Waals surface area contributed by atoms with Crippen LogP contribution < -0.4 is 0 Å². The number of hydrogen-bond donors (Lipinski definition) is 0. The molecule has 36 heavy (non-hydrogen) atoms. The molecule has 1 aliphatic rings. The van der Waals surface area contributed by atoms with E-state index in [1.807, 2.05) is 0 Å². The number of aryl methyl sites for hydroxylation is 2. The third kappa shape index (κ3) is 5.89. The minimum absolute atomic E-state index is 0.463. The average molecular weight is 479 g/mol. The van der Waals surface area contributed by atoms with E-state index >= 15 is 0 Å². The highest BCUT2D eigenvalue weighted by Gasteiger charge is 2.42. The predicted molar refractivity (Wildman–Crippen MR) is 151 cm³/mol. The lowest BCUT2D eigenvalue weighted by molar-refractivity contribution is 0.469. The van der Waals surface area contributed by atoms with Gasteiger partial charge in [0, 0.05) is 5.69 Å². The number of pyridine rings is 1. The lowest BCUT2D eigenvalue weighted by Gasteiger charge is -2.25. The van der Waals surface area contributed by atoms with Crippen molar-refractivity contribution >= 4 is 0 Å². The van der Waals surface area contributed by atoms with E-state index in [1.54, 1.807) is 0 Å². The zero-order valence-electron chi connectivity index (χ0n) is 22.4. The quantitative estimate of drug-likeness (QED) is 0.230. The van der Waals surface area contributed by atoms with Gasteiger partial charge in [-0.3, -0.25) is 4.98 Å². The number of aromatic nitrogens is 1. The fourth-order valence-corrected chi connectivity index (χ4v) is 5.98. The normalized spacial score (nSPS) is 16.6. The first kappa shape index (κ1) is 26.2. The van der Waals surface area contributed by atoms with Gasteiger partial charge in [-0.15, -0.1) is 0 Å². The summed E-state index contributed by atoms with van der Waals surface area (Å²) in [5.74, 6) is 0. The van der Waals surface area contributed by atoms with Crippen LogP contribution in [0.4, 0.5) is 0 Å². The molecule has 2 nitrogen and oxygen atoms in total. The lowest BCUT2D eigenvalue weighted by atomic mass is 9.80. The second kappa shape index (κ2) is 12.9. The van der Waals surface area contributed by atoms with Gasteiger partial charge < -0.3 is 0 Å². The highest BCUT2D eigenvalue weighted by atomic mass is 14.8. The molecular formula is C34H42N2. The molecule has 3 aromatic rings. The van der Waals surface area contributed by atoms with Crippen LogP contribution in [0, 0.1) is 11.3 Å². The molecule has 0 saturated heterocycles. The van der Waals surface area contributed by atoms with E-state index in [0.29, 0.717) is 0 Å². The first-order valence-electron chi connectivity index (χ1n) is 14.3. The first-order chi connectivity index (χ1) is 17.7. The van der Waals surface area contributed by atoms with Gasteiger partial charge in [0.15, 0.2) is 0 Å². The van der Waals surface area contributed by atoms with E-state index in [2.05, 4.69) is 80.6 Å². The van der Waals surface area contributed by atoms with Crippen molar-refractivity contribution in [2.24, 2.45) is 0 Å². The van der Waals surface area contributed by atoms with Crippen molar-refractivity contribution in [3.63, 3.8) is 0 Å². The standard InChI is InChI=1S/C34H42N2/c1-3-5-9-21-29-31(22-10-6-4-2)36-33-30(32(29)28-19-13-8-14-20-28)23-25-34(33,26-35)24-15-18-27-16-11-7-12-17-27/h7-8,11-14,16-17,19-20H,3-6,9-10,15,18,21-25H2,1-2H3. The zero-order valence-corrected chi connectivity index (χ0v) is 22.4. The molecule has 0 saturated carbocycles. The summed E-state index contributed by atoms with van der Waals surface area (Å²) in [5.41, 5.74) is 8.78. The fourth-order valence-electron chi connectivity index (χ4n) is 5.98. The SMILES string of the molecule is CCCCCc1nc2c(c(-c3ccccc3)c1CCCCC)CCC2(C#N)CCCc1ccccc1. The van der Waals surface area contributed by atoms with Crippen LogP contribution in [-0.2, 0) is 31.1 Å². The van der Waals surface area contributed by atoms with Gasteiger partial charge in [-0.05, 0) is 85.6 Å². The molecule has 2 aromatic carbocycles. The van der Waals surface area contributed by atoms with E-state index in [1.165, 1.54) is 72.0 Å². The Balaban J connectivity index is 1.75. The molecule has 0 N–H and O–H groups in total. The molecule has 0 amide bonds. The van der Waals surface area contributed by atoms with Crippen LogP contribution in [0.25, 0.3) is 11.1 Å². The van der Waals surface area contributed by atoms with Gasteiger partial charge in [0.05, 0.1) is 17.2 Å². The Morgan fingerprint density at radius 3 is 2.14 bits per heavy atom.